The van der Waals surface area contributed by atoms with Gasteiger partial charge in [0, 0.05) is 13.2 Å². The molecule has 3 nitrogen and oxygen atoms in total. The summed E-state index contributed by atoms with van der Waals surface area (Å²) in [6, 6.07) is 14.4. The summed E-state index contributed by atoms with van der Waals surface area (Å²) < 4.78 is 5.04. The zero-order chi connectivity index (χ0) is 12.8. The molecule has 94 valence electrons. The molecule has 0 saturated carbocycles. The second kappa shape index (κ2) is 6.17. The zero-order valence-electron chi connectivity index (χ0n) is 10.5. The maximum atomic E-state index is 11.4. The van der Waals surface area contributed by atoms with E-state index in [1.54, 1.807) is 0 Å². The summed E-state index contributed by atoms with van der Waals surface area (Å²) in [4.78, 5) is 11.4. The Morgan fingerprint density at radius 1 is 1.17 bits per heavy atom. The third-order valence-corrected chi connectivity index (χ3v) is 2.74. The number of fused-ring (bicyclic) bond motifs is 1. The molecule has 1 amide bonds. The fourth-order valence-electron chi connectivity index (χ4n) is 1.80. The Morgan fingerprint density at radius 3 is 2.72 bits per heavy atom. The summed E-state index contributed by atoms with van der Waals surface area (Å²) in [6.45, 7) is 3.10. The lowest BCUT2D eigenvalue weighted by Crippen LogP contribution is -2.27. The molecule has 0 saturated heterocycles. The van der Waals surface area contributed by atoms with Crippen molar-refractivity contribution < 1.29 is 9.53 Å². The van der Waals surface area contributed by atoms with Gasteiger partial charge >= 0.3 is 0 Å². The van der Waals surface area contributed by atoms with Crippen molar-refractivity contribution in [3.63, 3.8) is 0 Å². The molecule has 0 bridgehead atoms. The van der Waals surface area contributed by atoms with Gasteiger partial charge in [0.25, 0.3) is 0 Å². The average Bonchev–Trinajstić information content (AvgIpc) is 2.42. The number of nitrogens with one attached hydrogen (secondary N) is 1. The highest BCUT2D eigenvalue weighted by molar-refractivity contribution is 5.83. The third-order valence-electron chi connectivity index (χ3n) is 2.74. The Hall–Kier alpha value is -1.87. The summed E-state index contributed by atoms with van der Waals surface area (Å²) >= 11 is 0. The first-order valence-electron chi connectivity index (χ1n) is 6.11. The average molecular weight is 243 g/mol. The van der Waals surface area contributed by atoms with Gasteiger partial charge in [0.1, 0.15) is 6.61 Å². The molecule has 0 aliphatic rings. The van der Waals surface area contributed by atoms with Crippen molar-refractivity contribution in [3.05, 3.63) is 48.0 Å². The monoisotopic (exact) mass is 243 g/mol. The molecule has 18 heavy (non-hydrogen) atoms. The lowest BCUT2D eigenvalue weighted by molar-refractivity contribution is -0.125. The van der Waals surface area contributed by atoms with Crippen LogP contribution in [0.25, 0.3) is 10.8 Å². The van der Waals surface area contributed by atoms with Crippen LogP contribution >= 0.6 is 0 Å². The number of amides is 1. The molecule has 0 radical (unpaired) electrons. The first-order valence-corrected chi connectivity index (χ1v) is 6.11. The quantitative estimate of drug-likeness (QED) is 0.876. The van der Waals surface area contributed by atoms with Crippen molar-refractivity contribution in [1.82, 2.24) is 5.32 Å². The molecule has 0 heterocycles. The molecule has 0 spiro atoms. The molecular weight excluding hydrogens is 226 g/mol. The van der Waals surface area contributed by atoms with Gasteiger partial charge in [-0.3, -0.25) is 4.79 Å². The second-order valence-electron chi connectivity index (χ2n) is 4.10. The number of hydrogen-bond acceptors (Lipinski definition) is 2. The van der Waals surface area contributed by atoms with Gasteiger partial charge in [0.05, 0.1) is 0 Å². The summed E-state index contributed by atoms with van der Waals surface area (Å²) in [5, 5.41) is 5.23. The van der Waals surface area contributed by atoms with Crippen LogP contribution in [0.4, 0.5) is 0 Å². The van der Waals surface area contributed by atoms with Crippen LogP contribution in [0.3, 0.4) is 0 Å². The van der Waals surface area contributed by atoms with E-state index in [0.29, 0.717) is 13.2 Å². The van der Waals surface area contributed by atoms with E-state index in [4.69, 9.17) is 4.74 Å². The van der Waals surface area contributed by atoms with Crippen LogP contribution < -0.4 is 5.32 Å². The minimum absolute atomic E-state index is 0.0787. The van der Waals surface area contributed by atoms with Gasteiger partial charge in [0.15, 0.2) is 0 Å². The number of carbonyl (C=O) groups is 1. The highest BCUT2D eigenvalue weighted by Crippen LogP contribution is 2.15. The molecule has 0 aromatic heterocycles. The Balaban J connectivity index is 1.97. The number of carbonyl (C=O) groups excluding carboxylic acids is 1. The zero-order valence-corrected chi connectivity index (χ0v) is 10.5. The van der Waals surface area contributed by atoms with Crippen LogP contribution in [-0.4, -0.2) is 19.1 Å². The highest BCUT2D eigenvalue weighted by Gasteiger charge is 2.01. The van der Waals surface area contributed by atoms with Gasteiger partial charge in [-0.15, -0.1) is 0 Å². The molecule has 0 fully saturated rings. The summed E-state index contributed by atoms with van der Waals surface area (Å²) in [5.41, 5.74) is 1.10. The molecular formula is C15H17NO2. The van der Waals surface area contributed by atoms with Crippen LogP contribution in [0, 0.1) is 0 Å². The van der Waals surface area contributed by atoms with Crippen LogP contribution in [-0.2, 0) is 16.1 Å². The maximum absolute atomic E-state index is 11.4. The van der Waals surface area contributed by atoms with Crippen molar-refractivity contribution >= 4 is 16.7 Å². The maximum Gasteiger partial charge on any atom is 0.246 e. The Kier molecular flexibility index (Phi) is 4.31. The Labute approximate surface area is 107 Å². The number of hydrogen-bond donors (Lipinski definition) is 1. The van der Waals surface area contributed by atoms with Crippen LogP contribution in [0.1, 0.15) is 12.5 Å². The topological polar surface area (TPSA) is 38.3 Å². The van der Waals surface area contributed by atoms with Crippen molar-refractivity contribution in [3.8, 4) is 0 Å². The highest BCUT2D eigenvalue weighted by atomic mass is 16.5. The molecule has 3 heteroatoms. The van der Waals surface area contributed by atoms with Gasteiger partial charge in [-0.2, -0.15) is 0 Å². The summed E-state index contributed by atoms with van der Waals surface area (Å²) in [5.74, 6) is -0.0787. The molecule has 2 aromatic rings. The number of rotatable bonds is 5. The van der Waals surface area contributed by atoms with Crippen molar-refractivity contribution in [1.29, 1.82) is 0 Å². The molecule has 0 aliphatic heterocycles. The molecule has 2 aromatic carbocycles. The summed E-state index contributed by atoms with van der Waals surface area (Å²) in [7, 11) is 0. The lowest BCUT2D eigenvalue weighted by atomic mass is 10.1. The SMILES string of the molecule is CCOCC(=O)NCc1ccc2ccccc2c1. The minimum Gasteiger partial charge on any atom is -0.372 e. The molecule has 0 unspecified atom stereocenters. The third kappa shape index (κ3) is 3.31. The van der Waals surface area contributed by atoms with Crippen LogP contribution in [0.15, 0.2) is 42.5 Å². The first kappa shape index (κ1) is 12.6. The largest absolute Gasteiger partial charge is 0.372 e. The predicted molar refractivity (Wildman–Crippen MR) is 72.3 cm³/mol. The Bertz CT molecular complexity index is 537. The van der Waals surface area contributed by atoms with E-state index >= 15 is 0 Å². The predicted octanol–water partition coefficient (Wildman–Crippen LogP) is 2.49. The van der Waals surface area contributed by atoms with E-state index in [2.05, 4.69) is 29.6 Å². The number of benzene rings is 2. The van der Waals surface area contributed by atoms with Crippen LogP contribution in [0.2, 0.25) is 0 Å². The Morgan fingerprint density at radius 2 is 1.94 bits per heavy atom. The van der Waals surface area contributed by atoms with Crippen molar-refractivity contribution in [2.75, 3.05) is 13.2 Å². The number of ether oxygens (including phenoxy) is 1. The minimum atomic E-state index is -0.0787. The van der Waals surface area contributed by atoms with Gasteiger partial charge in [-0.25, -0.2) is 0 Å². The van der Waals surface area contributed by atoms with Crippen molar-refractivity contribution in [2.24, 2.45) is 0 Å². The van der Waals surface area contributed by atoms with Crippen LogP contribution in [0.5, 0.6) is 0 Å². The van der Waals surface area contributed by atoms with E-state index in [0.717, 1.165) is 5.56 Å². The fraction of sp³-hybridized carbons (Fsp3) is 0.267. The molecule has 0 atom stereocenters. The van der Waals surface area contributed by atoms with Crippen molar-refractivity contribution in [2.45, 2.75) is 13.5 Å². The standard InChI is InChI=1S/C15H17NO2/c1-2-18-11-15(17)16-10-12-7-8-13-5-3-4-6-14(13)9-12/h3-9H,2,10-11H2,1H3,(H,16,17). The van der Waals surface area contributed by atoms with E-state index in [1.165, 1.54) is 10.8 Å². The summed E-state index contributed by atoms with van der Waals surface area (Å²) in [6.07, 6.45) is 0. The molecule has 1 N–H and O–H groups in total. The van der Waals surface area contributed by atoms with E-state index < -0.39 is 0 Å². The first-order chi connectivity index (χ1) is 8.79. The molecule has 2 rings (SSSR count). The fourth-order valence-corrected chi connectivity index (χ4v) is 1.80. The van der Waals surface area contributed by atoms with Gasteiger partial charge < -0.3 is 10.1 Å². The van der Waals surface area contributed by atoms with Gasteiger partial charge in [0.2, 0.25) is 5.91 Å². The van der Waals surface area contributed by atoms with E-state index in [-0.39, 0.29) is 12.5 Å². The van der Waals surface area contributed by atoms with Gasteiger partial charge in [-0.05, 0) is 29.3 Å². The van der Waals surface area contributed by atoms with E-state index in [1.807, 2.05) is 25.1 Å². The normalized spacial score (nSPS) is 10.5. The lowest BCUT2D eigenvalue weighted by Gasteiger charge is -2.06. The van der Waals surface area contributed by atoms with Gasteiger partial charge in [-0.1, -0.05) is 36.4 Å². The second-order valence-corrected chi connectivity index (χ2v) is 4.10. The smallest absolute Gasteiger partial charge is 0.246 e. The van der Waals surface area contributed by atoms with E-state index in [9.17, 15) is 4.79 Å². The molecule has 0 aliphatic carbocycles.